The summed E-state index contributed by atoms with van der Waals surface area (Å²) in [7, 11) is 0. The maximum atomic E-state index is 10.6. The molecule has 1 aromatic rings. The van der Waals surface area contributed by atoms with Crippen LogP contribution >= 0.6 is 11.3 Å². The summed E-state index contributed by atoms with van der Waals surface area (Å²) in [5, 5.41) is 16.0. The molecule has 0 amide bonds. The van der Waals surface area contributed by atoms with Gasteiger partial charge in [-0.25, -0.2) is 0 Å². The molecule has 1 aromatic heterocycles. The van der Waals surface area contributed by atoms with Gasteiger partial charge in [0.1, 0.15) is 0 Å². The van der Waals surface area contributed by atoms with Gasteiger partial charge < -0.3 is 10.2 Å². The predicted octanol–water partition coefficient (Wildman–Crippen LogP) is 3.01. The van der Waals surface area contributed by atoms with Crippen LogP contribution in [0.3, 0.4) is 0 Å². The Morgan fingerprint density at radius 1 is 1.55 bits per heavy atom. The molecular formula is C14H23N3O2S. The van der Waals surface area contributed by atoms with E-state index in [1.54, 1.807) is 6.07 Å². The molecular weight excluding hydrogens is 274 g/mol. The number of nitrogens with zero attached hydrogens (tertiary/aromatic N) is 2. The Bertz CT molecular complexity index is 436. The molecule has 5 nitrogen and oxygen atoms in total. The number of rotatable bonds is 7. The minimum absolute atomic E-state index is 0.226. The Labute approximate surface area is 124 Å². The van der Waals surface area contributed by atoms with E-state index in [1.807, 2.05) is 5.38 Å². The first-order valence-electron chi connectivity index (χ1n) is 7.33. The fourth-order valence-electron chi connectivity index (χ4n) is 2.68. The van der Waals surface area contributed by atoms with E-state index < -0.39 is 0 Å². The summed E-state index contributed by atoms with van der Waals surface area (Å²) in [5.41, 5.74) is 1.01. The first kappa shape index (κ1) is 15.4. The van der Waals surface area contributed by atoms with Crippen LogP contribution in [0.1, 0.15) is 38.2 Å². The highest BCUT2D eigenvalue weighted by molar-refractivity contribution is 7.13. The van der Waals surface area contributed by atoms with Gasteiger partial charge >= 0.3 is 5.00 Å². The fraction of sp³-hybridized carbons (Fsp3) is 0.714. The number of nitrogens with one attached hydrogen (secondary N) is 1. The fourth-order valence-corrected chi connectivity index (χ4v) is 3.41. The quantitative estimate of drug-likeness (QED) is 0.477. The lowest BCUT2D eigenvalue weighted by Crippen LogP contribution is -2.38. The van der Waals surface area contributed by atoms with E-state index in [4.69, 9.17) is 0 Å². The van der Waals surface area contributed by atoms with E-state index in [1.165, 1.54) is 37.1 Å². The monoisotopic (exact) mass is 297 g/mol. The minimum atomic E-state index is -0.327. The summed E-state index contributed by atoms with van der Waals surface area (Å²) in [4.78, 5) is 12.8. The molecule has 0 aliphatic carbocycles. The Morgan fingerprint density at radius 3 is 3.10 bits per heavy atom. The molecule has 0 radical (unpaired) electrons. The molecule has 1 atom stereocenters. The normalized spacial score (nSPS) is 20.1. The average molecular weight is 297 g/mol. The van der Waals surface area contributed by atoms with Gasteiger partial charge in [-0.2, -0.15) is 0 Å². The van der Waals surface area contributed by atoms with Crippen molar-refractivity contribution in [3.63, 3.8) is 0 Å². The number of piperidine rings is 1. The summed E-state index contributed by atoms with van der Waals surface area (Å²) in [6.07, 6.45) is 5.16. The highest BCUT2D eigenvalue weighted by Gasteiger charge is 2.17. The Morgan fingerprint density at radius 2 is 2.40 bits per heavy atom. The highest BCUT2D eigenvalue weighted by atomic mass is 32.1. The van der Waals surface area contributed by atoms with E-state index in [0.29, 0.717) is 0 Å². The third-order valence-electron chi connectivity index (χ3n) is 3.89. The van der Waals surface area contributed by atoms with Gasteiger partial charge in [0.15, 0.2) is 0 Å². The van der Waals surface area contributed by atoms with Gasteiger partial charge in [-0.1, -0.05) is 17.8 Å². The lowest BCUT2D eigenvalue weighted by atomic mass is 10.0. The average Bonchev–Trinajstić information content (AvgIpc) is 2.89. The lowest BCUT2D eigenvalue weighted by Gasteiger charge is -2.33. The van der Waals surface area contributed by atoms with Gasteiger partial charge in [-0.05, 0) is 51.4 Å². The second-order valence-electron chi connectivity index (χ2n) is 5.46. The molecule has 20 heavy (non-hydrogen) atoms. The molecule has 0 aromatic carbocycles. The number of hydrogen-bond acceptors (Lipinski definition) is 5. The maximum absolute atomic E-state index is 10.6. The van der Waals surface area contributed by atoms with Crippen molar-refractivity contribution in [2.75, 3.05) is 19.6 Å². The van der Waals surface area contributed by atoms with Crippen LogP contribution < -0.4 is 5.32 Å². The summed E-state index contributed by atoms with van der Waals surface area (Å²) in [6, 6.07) is 2.38. The van der Waals surface area contributed by atoms with Crippen molar-refractivity contribution >= 4 is 16.3 Å². The third kappa shape index (κ3) is 4.54. The van der Waals surface area contributed by atoms with Crippen molar-refractivity contribution in [3.05, 3.63) is 27.1 Å². The number of likely N-dealkylation sites (tertiary alicyclic amines) is 1. The van der Waals surface area contributed by atoms with Crippen LogP contribution in [-0.4, -0.2) is 35.5 Å². The van der Waals surface area contributed by atoms with E-state index in [2.05, 4.69) is 17.1 Å². The summed E-state index contributed by atoms with van der Waals surface area (Å²) < 4.78 is 0. The molecule has 1 aliphatic heterocycles. The molecule has 1 saturated heterocycles. The molecule has 1 N–H and O–H groups in total. The van der Waals surface area contributed by atoms with Crippen LogP contribution in [0.4, 0.5) is 5.00 Å². The molecule has 1 fully saturated rings. The lowest BCUT2D eigenvalue weighted by molar-refractivity contribution is -0.380. The topological polar surface area (TPSA) is 58.4 Å². The first-order chi connectivity index (χ1) is 9.66. The highest BCUT2D eigenvalue weighted by Crippen LogP contribution is 2.22. The zero-order chi connectivity index (χ0) is 14.4. The third-order valence-corrected chi connectivity index (χ3v) is 4.82. The molecule has 112 valence electrons. The van der Waals surface area contributed by atoms with Crippen LogP contribution in [0.15, 0.2) is 11.4 Å². The molecule has 0 bridgehead atoms. The Balaban J connectivity index is 1.60. The summed E-state index contributed by atoms with van der Waals surface area (Å²) in [6.45, 7) is 6.39. The smallest absolute Gasteiger partial charge is 0.313 e. The van der Waals surface area contributed by atoms with Crippen molar-refractivity contribution in [2.45, 2.75) is 45.2 Å². The minimum Gasteiger partial charge on any atom is -0.313 e. The van der Waals surface area contributed by atoms with Gasteiger partial charge in [-0.3, -0.25) is 10.1 Å². The van der Waals surface area contributed by atoms with Gasteiger partial charge in [0, 0.05) is 24.0 Å². The van der Waals surface area contributed by atoms with Gasteiger partial charge in [0.25, 0.3) is 0 Å². The summed E-state index contributed by atoms with van der Waals surface area (Å²) in [5.74, 6) is 0. The second kappa shape index (κ2) is 7.71. The molecule has 6 heteroatoms. The standard InChI is InChI=1S/C14H23N3O2S/c1-12-5-2-3-7-16(12)8-4-6-15-10-13-9-14(17(18)19)20-11-13/h9,11-12,15H,2-8,10H2,1H3. The van der Waals surface area contributed by atoms with Crippen molar-refractivity contribution in [1.82, 2.24) is 10.2 Å². The van der Waals surface area contributed by atoms with Crippen molar-refractivity contribution in [3.8, 4) is 0 Å². The van der Waals surface area contributed by atoms with Crippen molar-refractivity contribution in [2.24, 2.45) is 0 Å². The number of nitro groups is 1. The van der Waals surface area contributed by atoms with Crippen LogP contribution in [0.5, 0.6) is 0 Å². The molecule has 1 aliphatic rings. The van der Waals surface area contributed by atoms with E-state index in [-0.39, 0.29) is 9.92 Å². The Kier molecular flexibility index (Phi) is 5.94. The first-order valence-corrected chi connectivity index (χ1v) is 8.21. The van der Waals surface area contributed by atoms with E-state index in [9.17, 15) is 10.1 Å². The van der Waals surface area contributed by atoms with E-state index in [0.717, 1.165) is 37.7 Å². The molecule has 2 heterocycles. The van der Waals surface area contributed by atoms with Gasteiger partial charge in [-0.15, -0.1) is 0 Å². The van der Waals surface area contributed by atoms with E-state index >= 15 is 0 Å². The number of hydrogen-bond donors (Lipinski definition) is 1. The molecule has 0 spiro atoms. The van der Waals surface area contributed by atoms with Crippen molar-refractivity contribution < 1.29 is 4.92 Å². The molecule has 0 saturated carbocycles. The van der Waals surface area contributed by atoms with Gasteiger partial charge in [0.05, 0.1) is 4.92 Å². The molecule has 2 rings (SSSR count). The van der Waals surface area contributed by atoms with Crippen molar-refractivity contribution in [1.29, 1.82) is 0 Å². The van der Waals surface area contributed by atoms with Gasteiger partial charge in [0.2, 0.25) is 0 Å². The summed E-state index contributed by atoms with van der Waals surface area (Å²) >= 11 is 1.20. The van der Waals surface area contributed by atoms with Crippen LogP contribution in [0.25, 0.3) is 0 Å². The molecule has 1 unspecified atom stereocenters. The maximum Gasteiger partial charge on any atom is 0.324 e. The largest absolute Gasteiger partial charge is 0.324 e. The predicted molar refractivity (Wildman–Crippen MR) is 82.2 cm³/mol. The Hall–Kier alpha value is -0.980. The van der Waals surface area contributed by atoms with Crippen LogP contribution in [0, 0.1) is 10.1 Å². The van der Waals surface area contributed by atoms with Crippen LogP contribution in [-0.2, 0) is 6.54 Å². The zero-order valence-corrected chi connectivity index (χ0v) is 12.8. The van der Waals surface area contributed by atoms with Crippen LogP contribution in [0.2, 0.25) is 0 Å². The SMILES string of the molecule is CC1CCCCN1CCCNCc1csc([N+](=O)[O-])c1. The zero-order valence-electron chi connectivity index (χ0n) is 12.0. The second-order valence-corrected chi connectivity index (χ2v) is 6.35. The number of thiophene rings is 1.